The number of hydrogen-bond donors (Lipinski definition) is 2. The van der Waals surface area contributed by atoms with Crippen LogP contribution in [-0.2, 0) is 9.53 Å². The van der Waals surface area contributed by atoms with Crippen LogP contribution in [0.25, 0.3) is 10.1 Å². The molecule has 1 heterocycles. The molecule has 3 amide bonds. The van der Waals surface area contributed by atoms with Crippen molar-refractivity contribution in [2.24, 2.45) is 11.7 Å². The molecule has 0 radical (unpaired) electrons. The normalized spacial score (nSPS) is 12.2. The number of fused-ring (bicyclic) bond motifs is 1. The summed E-state index contributed by atoms with van der Waals surface area (Å²) in [6.07, 6.45) is -1.08. The Labute approximate surface area is 137 Å². The Kier molecular flexibility index (Phi) is 5.00. The summed E-state index contributed by atoms with van der Waals surface area (Å²) in [5.41, 5.74) is 5.75. The number of aryl methyl sites for hydroxylation is 1. The van der Waals surface area contributed by atoms with E-state index in [1.165, 1.54) is 11.3 Å². The number of hydrogen-bond acceptors (Lipinski definition) is 5. The number of rotatable bonds is 4. The first-order valence-electron chi connectivity index (χ1n) is 7.10. The van der Waals surface area contributed by atoms with Crippen molar-refractivity contribution in [2.45, 2.75) is 26.9 Å². The fraction of sp³-hybridized carbons (Fsp3) is 0.312. The van der Waals surface area contributed by atoms with E-state index in [0.717, 1.165) is 15.6 Å². The van der Waals surface area contributed by atoms with Crippen molar-refractivity contribution >= 4 is 39.3 Å². The minimum absolute atomic E-state index is 0.298. The standard InChI is InChI=1S/C16H18N2O4S/c1-8(2)12(14(19)18-16(17)21)22-15(20)13-9(3)10-6-4-5-7-11(10)23-13/h4-8,12H,1-3H3,(H3,17,18,19,21)/t12-/m0/s1. The predicted molar refractivity (Wildman–Crippen MR) is 88.3 cm³/mol. The maximum atomic E-state index is 12.4. The minimum atomic E-state index is -1.08. The number of imide groups is 1. The van der Waals surface area contributed by atoms with Crippen LogP contribution in [0, 0.1) is 12.8 Å². The van der Waals surface area contributed by atoms with Crippen LogP contribution >= 0.6 is 11.3 Å². The van der Waals surface area contributed by atoms with E-state index in [-0.39, 0.29) is 5.92 Å². The smallest absolute Gasteiger partial charge is 0.349 e. The second-order valence-corrected chi connectivity index (χ2v) is 6.53. The van der Waals surface area contributed by atoms with E-state index in [2.05, 4.69) is 0 Å². The molecule has 0 spiro atoms. The second kappa shape index (κ2) is 6.78. The van der Waals surface area contributed by atoms with Crippen LogP contribution in [0.3, 0.4) is 0 Å². The lowest BCUT2D eigenvalue weighted by Gasteiger charge is -2.19. The Morgan fingerprint density at radius 3 is 2.43 bits per heavy atom. The lowest BCUT2D eigenvalue weighted by Crippen LogP contribution is -2.45. The lowest BCUT2D eigenvalue weighted by molar-refractivity contribution is -0.130. The molecule has 0 fully saturated rings. The number of benzene rings is 1. The monoisotopic (exact) mass is 334 g/mol. The minimum Gasteiger partial charge on any atom is -0.448 e. The van der Waals surface area contributed by atoms with E-state index in [0.29, 0.717) is 4.88 Å². The third-order valence-corrected chi connectivity index (χ3v) is 4.63. The molecule has 0 saturated carbocycles. The van der Waals surface area contributed by atoms with E-state index in [1.54, 1.807) is 13.8 Å². The number of amides is 3. The number of thiophene rings is 1. The molecule has 0 bridgehead atoms. The largest absolute Gasteiger partial charge is 0.448 e. The highest BCUT2D eigenvalue weighted by Gasteiger charge is 2.29. The summed E-state index contributed by atoms with van der Waals surface area (Å²) >= 11 is 1.31. The van der Waals surface area contributed by atoms with Gasteiger partial charge in [-0.25, -0.2) is 9.59 Å². The van der Waals surface area contributed by atoms with Gasteiger partial charge in [-0.3, -0.25) is 10.1 Å². The summed E-state index contributed by atoms with van der Waals surface area (Å²) in [7, 11) is 0. The molecule has 122 valence electrons. The van der Waals surface area contributed by atoms with E-state index in [9.17, 15) is 14.4 Å². The van der Waals surface area contributed by atoms with Gasteiger partial charge in [0, 0.05) is 4.70 Å². The Morgan fingerprint density at radius 2 is 1.87 bits per heavy atom. The van der Waals surface area contributed by atoms with Crippen LogP contribution in [0.5, 0.6) is 0 Å². The number of esters is 1. The molecule has 1 atom stereocenters. The lowest BCUT2D eigenvalue weighted by atomic mass is 10.1. The first kappa shape index (κ1) is 17.0. The highest BCUT2D eigenvalue weighted by Crippen LogP contribution is 2.31. The molecule has 7 heteroatoms. The van der Waals surface area contributed by atoms with Crippen LogP contribution in [0.4, 0.5) is 4.79 Å². The Bertz CT molecular complexity index is 767. The van der Waals surface area contributed by atoms with Gasteiger partial charge < -0.3 is 10.5 Å². The number of nitrogens with one attached hydrogen (secondary N) is 1. The number of ether oxygens (including phenoxy) is 1. The van der Waals surface area contributed by atoms with Crippen LogP contribution in [-0.4, -0.2) is 24.0 Å². The Balaban J connectivity index is 2.25. The third kappa shape index (κ3) is 3.68. The van der Waals surface area contributed by atoms with Gasteiger partial charge in [0.15, 0.2) is 6.10 Å². The molecule has 2 aromatic rings. The summed E-state index contributed by atoms with van der Waals surface area (Å²) in [6.45, 7) is 5.27. The summed E-state index contributed by atoms with van der Waals surface area (Å²) in [6, 6.07) is 6.66. The van der Waals surface area contributed by atoms with E-state index in [4.69, 9.17) is 10.5 Å². The number of carbonyl (C=O) groups is 3. The molecule has 0 aliphatic rings. The Morgan fingerprint density at radius 1 is 1.22 bits per heavy atom. The van der Waals surface area contributed by atoms with Gasteiger partial charge in [0.25, 0.3) is 5.91 Å². The number of urea groups is 1. The van der Waals surface area contributed by atoms with Gasteiger partial charge in [0.1, 0.15) is 4.88 Å². The fourth-order valence-electron chi connectivity index (χ4n) is 2.22. The van der Waals surface area contributed by atoms with Gasteiger partial charge in [0.2, 0.25) is 0 Å². The molecule has 6 nitrogen and oxygen atoms in total. The van der Waals surface area contributed by atoms with Gasteiger partial charge in [-0.05, 0) is 29.9 Å². The topological polar surface area (TPSA) is 98.5 Å². The van der Waals surface area contributed by atoms with E-state index in [1.807, 2.05) is 36.5 Å². The maximum Gasteiger partial charge on any atom is 0.349 e. The number of carbonyl (C=O) groups excluding carboxylic acids is 3. The van der Waals surface area contributed by atoms with Crippen LogP contribution < -0.4 is 11.1 Å². The number of primary amides is 1. The predicted octanol–water partition coefficient (Wildman–Crippen LogP) is 2.59. The molecule has 0 aliphatic carbocycles. The number of nitrogens with two attached hydrogens (primary N) is 1. The summed E-state index contributed by atoms with van der Waals surface area (Å²) in [5.74, 6) is -1.60. The molecular weight excluding hydrogens is 316 g/mol. The van der Waals surface area contributed by atoms with Gasteiger partial charge in [-0.15, -0.1) is 11.3 Å². The fourth-order valence-corrected chi connectivity index (χ4v) is 3.31. The molecule has 0 unspecified atom stereocenters. The zero-order valence-electron chi connectivity index (χ0n) is 13.1. The molecule has 0 aliphatic heterocycles. The SMILES string of the molecule is Cc1c(C(=O)O[C@H](C(=O)NC(N)=O)C(C)C)sc2ccccc12. The first-order valence-corrected chi connectivity index (χ1v) is 7.92. The molecule has 0 saturated heterocycles. The van der Waals surface area contributed by atoms with Crippen molar-refractivity contribution in [2.75, 3.05) is 0 Å². The highest BCUT2D eigenvalue weighted by atomic mass is 32.1. The molecule has 1 aromatic carbocycles. The summed E-state index contributed by atoms with van der Waals surface area (Å²) < 4.78 is 6.29. The van der Waals surface area contributed by atoms with Gasteiger partial charge >= 0.3 is 12.0 Å². The van der Waals surface area contributed by atoms with Gasteiger partial charge in [-0.2, -0.15) is 0 Å². The average molecular weight is 334 g/mol. The van der Waals surface area contributed by atoms with Crippen LogP contribution in [0.15, 0.2) is 24.3 Å². The van der Waals surface area contributed by atoms with Crippen molar-refractivity contribution in [3.05, 3.63) is 34.7 Å². The Hall–Kier alpha value is -2.41. The molecule has 2 rings (SSSR count). The highest BCUT2D eigenvalue weighted by molar-refractivity contribution is 7.21. The quantitative estimate of drug-likeness (QED) is 0.840. The van der Waals surface area contributed by atoms with Crippen LogP contribution in [0.2, 0.25) is 0 Å². The first-order chi connectivity index (χ1) is 10.8. The van der Waals surface area contributed by atoms with Crippen molar-refractivity contribution in [3.63, 3.8) is 0 Å². The van der Waals surface area contributed by atoms with Crippen LogP contribution in [0.1, 0.15) is 29.1 Å². The van der Waals surface area contributed by atoms with E-state index >= 15 is 0 Å². The van der Waals surface area contributed by atoms with E-state index < -0.39 is 24.0 Å². The zero-order valence-corrected chi connectivity index (χ0v) is 13.9. The molecule has 23 heavy (non-hydrogen) atoms. The molecule has 3 N–H and O–H groups in total. The third-order valence-electron chi connectivity index (χ3n) is 3.37. The molecule has 1 aromatic heterocycles. The van der Waals surface area contributed by atoms with Crippen molar-refractivity contribution in [1.82, 2.24) is 5.32 Å². The second-order valence-electron chi connectivity index (χ2n) is 5.48. The molecular formula is C16H18N2O4S. The summed E-state index contributed by atoms with van der Waals surface area (Å²) in [5, 5.41) is 2.93. The van der Waals surface area contributed by atoms with Crippen molar-refractivity contribution in [3.8, 4) is 0 Å². The maximum absolute atomic E-state index is 12.4. The van der Waals surface area contributed by atoms with Crippen molar-refractivity contribution in [1.29, 1.82) is 0 Å². The average Bonchev–Trinajstić information content (AvgIpc) is 2.81. The summed E-state index contributed by atoms with van der Waals surface area (Å²) in [4.78, 5) is 35.6. The van der Waals surface area contributed by atoms with Gasteiger partial charge in [-0.1, -0.05) is 32.0 Å². The zero-order chi connectivity index (χ0) is 17.1. The van der Waals surface area contributed by atoms with Crippen molar-refractivity contribution < 1.29 is 19.1 Å². The van der Waals surface area contributed by atoms with Gasteiger partial charge in [0.05, 0.1) is 0 Å².